The minimum absolute atomic E-state index is 0.159. The number of aryl methyl sites for hydroxylation is 1. The van der Waals surface area contributed by atoms with Crippen LogP contribution in [0.25, 0.3) is 22.0 Å². The third-order valence-corrected chi connectivity index (χ3v) is 4.96. The number of carbonyl (C=O) groups is 2. The van der Waals surface area contributed by atoms with E-state index in [0.717, 1.165) is 27.6 Å². The molecule has 1 heterocycles. The maximum absolute atomic E-state index is 12.3. The molecule has 0 aliphatic carbocycles. The number of aromatic nitrogens is 1. The number of carbonyl (C=O) groups excluding carboxylic acids is 2. The van der Waals surface area contributed by atoms with E-state index in [9.17, 15) is 9.59 Å². The predicted octanol–water partition coefficient (Wildman–Crippen LogP) is 5.45. The Kier molecular flexibility index (Phi) is 9.19. The average molecular weight is 485 g/mol. The Labute approximate surface area is 206 Å². The molecule has 3 rings (SSSR count). The van der Waals surface area contributed by atoms with Crippen LogP contribution in [0.4, 0.5) is 0 Å². The van der Waals surface area contributed by atoms with Crippen LogP contribution in [-0.2, 0) is 16.0 Å². The number of ether oxygens (including phenoxy) is 1. The van der Waals surface area contributed by atoms with Crippen LogP contribution in [0.2, 0.25) is 5.02 Å². The summed E-state index contributed by atoms with van der Waals surface area (Å²) in [5.74, 6) is -0.439. The second kappa shape index (κ2) is 11.4. The van der Waals surface area contributed by atoms with E-state index in [4.69, 9.17) is 21.4 Å². The van der Waals surface area contributed by atoms with Gasteiger partial charge in [0.1, 0.15) is 5.69 Å². The molecule has 0 radical (unpaired) electrons. The molecule has 3 aromatic rings. The number of hydrogen-bond donors (Lipinski definition) is 1. The molecule has 1 amide bonds. The molecule has 0 fully saturated rings. The van der Waals surface area contributed by atoms with Gasteiger partial charge in [0.15, 0.2) is 0 Å². The van der Waals surface area contributed by atoms with E-state index in [1.807, 2.05) is 43.3 Å². The Balaban J connectivity index is 0.000000739. The van der Waals surface area contributed by atoms with Gasteiger partial charge in [0.25, 0.3) is 5.91 Å². The van der Waals surface area contributed by atoms with Gasteiger partial charge >= 0.3 is 5.97 Å². The van der Waals surface area contributed by atoms with Crippen LogP contribution in [0.5, 0.6) is 0 Å². The zero-order chi connectivity index (χ0) is 25.6. The molecule has 1 aromatic heterocycles. The van der Waals surface area contributed by atoms with Crippen molar-refractivity contribution in [3.63, 3.8) is 0 Å². The van der Waals surface area contributed by atoms with Gasteiger partial charge in [-0.2, -0.15) is 0 Å². The monoisotopic (exact) mass is 484 g/mol. The molecule has 182 valence electrons. The molecule has 0 atom stereocenters. The molecule has 0 bridgehead atoms. The first-order valence-corrected chi connectivity index (χ1v) is 11.5. The van der Waals surface area contributed by atoms with Crippen LogP contribution in [0.1, 0.15) is 49.3 Å². The predicted molar refractivity (Wildman–Crippen MR) is 137 cm³/mol. The van der Waals surface area contributed by atoms with E-state index in [-0.39, 0.29) is 18.3 Å². The van der Waals surface area contributed by atoms with Crippen LogP contribution >= 0.6 is 11.6 Å². The lowest BCUT2D eigenvalue weighted by atomic mass is 9.90. The van der Waals surface area contributed by atoms with Crippen molar-refractivity contribution in [1.29, 1.82) is 0 Å². The molecule has 7 heteroatoms. The molecule has 1 N–H and O–H groups in total. The fourth-order valence-electron chi connectivity index (χ4n) is 3.33. The number of nitrogens with zero attached hydrogens (tertiary/aromatic N) is 2. The third kappa shape index (κ3) is 7.54. The summed E-state index contributed by atoms with van der Waals surface area (Å²) in [7, 11) is 3.39. The van der Waals surface area contributed by atoms with Gasteiger partial charge in [-0.15, -0.1) is 0 Å². The highest BCUT2D eigenvalue weighted by Crippen LogP contribution is 2.35. The number of hydrogen-bond acceptors (Lipinski definition) is 5. The maximum Gasteiger partial charge on any atom is 0.310 e. The number of rotatable bonds is 5. The maximum atomic E-state index is 12.3. The second-order valence-electron chi connectivity index (χ2n) is 9.17. The Morgan fingerprint density at radius 1 is 1.09 bits per heavy atom. The summed E-state index contributed by atoms with van der Waals surface area (Å²) in [4.78, 5) is 30.7. The molecule has 0 aliphatic rings. The lowest BCUT2D eigenvalue weighted by Crippen LogP contribution is -2.22. The molecular weight excluding hydrogens is 452 g/mol. The molecule has 6 nitrogen and oxygen atoms in total. The van der Waals surface area contributed by atoms with Crippen LogP contribution in [0.3, 0.4) is 0 Å². The van der Waals surface area contributed by atoms with Crippen molar-refractivity contribution < 1.29 is 19.4 Å². The molecule has 0 saturated carbocycles. The van der Waals surface area contributed by atoms with E-state index in [2.05, 4.69) is 4.98 Å². The number of benzene rings is 2. The van der Waals surface area contributed by atoms with Crippen LogP contribution in [0.15, 0.2) is 42.5 Å². The standard InChI is InChI=1S/C23H23ClN2O3.C4H10O/c1-5-29-21(27)13-18-14(2)12-20-17(10-11-19(25-20)23(28)26(3)4)22(18)15-6-8-16(24)9-7-15;1-4(2,3)5/h6-12H,5,13H2,1-4H3;5H,1-3H3. The van der Waals surface area contributed by atoms with Gasteiger partial charge in [-0.25, -0.2) is 4.98 Å². The summed E-state index contributed by atoms with van der Waals surface area (Å²) in [6, 6.07) is 13.0. The van der Waals surface area contributed by atoms with Gasteiger partial charge in [-0.05, 0) is 87.2 Å². The summed E-state index contributed by atoms with van der Waals surface area (Å²) < 4.78 is 5.17. The summed E-state index contributed by atoms with van der Waals surface area (Å²) in [5, 5.41) is 10.0. The number of aliphatic hydroxyl groups is 1. The Morgan fingerprint density at radius 3 is 2.21 bits per heavy atom. The Morgan fingerprint density at radius 2 is 1.68 bits per heavy atom. The molecule has 0 aliphatic heterocycles. The second-order valence-corrected chi connectivity index (χ2v) is 9.61. The van der Waals surface area contributed by atoms with Crippen molar-refractivity contribution in [3.05, 3.63) is 64.3 Å². The zero-order valence-corrected chi connectivity index (χ0v) is 21.7. The summed E-state index contributed by atoms with van der Waals surface area (Å²) in [6.07, 6.45) is 0.159. The van der Waals surface area contributed by atoms with Gasteiger partial charge in [-0.3, -0.25) is 9.59 Å². The van der Waals surface area contributed by atoms with Crippen molar-refractivity contribution in [2.75, 3.05) is 20.7 Å². The van der Waals surface area contributed by atoms with Crippen molar-refractivity contribution in [3.8, 4) is 11.1 Å². The highest BCUT2D eigenvalue weighted by Gasteiger charge is 2.19. The van der Waals surface area contributed by atoms with Gasteiger partial charge in [0.2, 0.25) is 0 Å². The normalized spacial score (nSPS) is 11.0. The summed E-state index contributed by atoms with van der Waals surface area (Å²) >= 11 is 6.07. The number of halogens is 1. The highest BCUT2D eigenvalue weighted by atomic mass is 35.5. The zero-order valence-electron chi connectivity index (χ0n) is 20.9. The van der Waals surface area contributed by atoms with Crippen molar-refractivity contribution >= 4 is 34.4 Å². The molecule has 0 saturated heterocycles. The molecule has 0 unspecified atom stereocenters. The lowest BCUT2D eigenvalue weighted by molar-refractivity contribution is -0.142. The number of esters is 1. The van der Waals surface area contributed by atoms with Gasteiger partial charge in [0.05, 0.1) is 24.1 Å². The van der Waals surface area contributed by atoms with Gasteiger partial charge in [-0.1, -0.05) is 23.7 Å². The number of amides is 1. The Hall–Kier alpha value is -2.96. The molecule has 34 heavy (non-hydrogen) atoms. The number of pyridine rings is 1. The van der Waals surface area contributed by atoms with Crippen molar-refractivity contribution in [2.24, 2.45) is 0 Å². The largest absolute Gasteiger partial charge is 0.466 e. The minimum atomic E-state index is -0.500. The van der Waals surface area contributed by atoms with Crippen LogP contribution < -0.4 is 0 Å². The van der Waals surface area contributed by atoms with E-state index in [1.165, 1.54) is 4.90 Å². The average Bonchev–Trinajstić information content (AvgIpc) is 2.73. The minimum Gasteiger partial charge on any atom is -0.466 e. The SMILES string of the molecule is CC(C)(C)O.CCOC(=O)Cc1c(C)cc2nc(C(=O)N(C)C)ccc2c1-c1ccc(Cl)cc1. The lowest BCUT2D eigenvalue weighted by Gasteiger charge is -2.17. The van der Waals surface area contributed by atoms with Gasteiger partial charge < -0.3 is 14.7 Å². The van der Waals surface area contributed by atoms with Crippen LogP contribution in [-0.4, -0.2) is 53.2 Å². The van der Waals surface area contributed by atoms with E-state index < -0.39 is 5.60 Å². The third-order valence-electron chi connectivity index (χ3n) is 4.71. The first-order valence-electron chi connectivity index (χ1n) is 11.1. The highest BCUT2D eigenvalue weighted by molar-refractivity contribution is 6.30. The van der Waals surface area contributed by atoms with Crippen molar-refractivity contribution in [2.45, 2.75) is 46.6 Å². The quantitative estimate of drug-likeness (QED) is 0.487. The molecule has 0 spiro atoms. The molecule has 2 aromatic carbocycles. The summed E-state index contributed by atoms with van der Waals surface area (Å²) in [6.45, 7) is 9.29. The van der Waals surface area contributed by atoms with Crippen molar-refractivity contribution in [1.82, 2.24) is 9.88 Å². The van der Waals surface area contributed by atoms with E-state index in [0.29, 0.717) is 22.8 Å². The number of fused-ring (bicyclic) bond motifs is 1. The fraction of sp³-hybridized carbons (Fsp3) is 0.370. The topological polar surface area (TPSA) is 79.7 Å². The fourth-order valence-corrected chi connectivity index (χ4v) is 3.45. The van der Waals surface area contributed by atoms with Crippen LogP contribution in [0, 0.1) is 6.92 Å². The first kappa shape index (κ1) is 27.3. The first-order chi connectivity index (χ1) is 15.8. The summed E-state index contributed by atoms with van der Waals surface area (Å²) in [5.41, 5.74) is 4.20. The smallest absolute Gasteiger partial charge is 0.310 e. The van der Waals surface area contributed by atoms with Gasteiger partial charge in [0, 0.05) is 24.5 Å². The van der Waals surface area contributed by atoms with E-state index >= 15 is 0 Å². The molecular formula is C27H33ClN2O4. The van der Waals surface area contributed by atoms with E-state index in [1.54, 1.807) is 47.9 Å². The Bertz CT molecular complexity index is 1160.